The second-order valence-corrected chi connectivity index (χ2v) is 7.63. The molecule has 0 radical (unpaired) electrons. The highest BCUT2D eigenvalue weighted by Gasteiger charge is 2.34. The van der Waals surface area contributed by atoms with Gasteiger partial charge >= 0.3 is 0 Å². The molecule has 1 aliphatic rings. The summed E-state index contributed by atoms with van der Waals surface area (Å²) < 4.78 is 0. The Morgan fingerprint density at radius 1 is 1.37 bits per heavy atom. The van der Waals surface area contributed by atoms with Gasteiger partial charge in [-0.15, -0.1) is 0 Å². The molecule has 2 unspecified atom stereocenters. The Bertz CT molecular complexity index is 294. The summed E-state index contributed by atoms with van der Waals surface area (Å²) in [4.78, 5) is 14.4. The van der Waals surface area contributed by atoms with Crippen molar-refractivity contribution in [3.63, 3.8) is 0 Å². The fraction of sp³-hybridized carbons (Fsp3) is 0.938. The van der Waals surface area contributed by atoms with E-state index in [4.69, 9.17) is 5.73 Å². The summed E-state index contributed by atoms with van der Waals surface area (Å²) in [7, 11) is 0. The molecule has 1 saturated heterocycles. The Morgan fingerprint density at radius 3 is 2.42 bits per heavy atom. The van der Waals surface area contributed by atoms with Gasteiger partial charge in [-0.1, -0.05) is 34.6 Å². The normalized spacial score (nSPS) is 22.1. The molecule has 2 atom stereocenters. The van der Waals surface area contributed by atoms with Gasteiger partial charge in [-0.05, 0) is 42.6 Å². The van der Waals surface area contributed by atoms with E-state index in [-0.39, 0.29) is 0 Å². The van der Waals surface area contributed by atoms with Crippen molar-refractivity contribution in [1.82, 2.24) is 4.90 Å². The Labute approximate surface area is 118 Å². The van der Waals surface area contributed by atoms with Crippen LogP contribution in [0.5, 0.6) is 0 Å². The topological polar surface area (TPSA) is 46.3 Å². The molecule has 1 rings (SSSR count). The molecule has 2 N–H and O–H groups in total. The predicted molar refractivity (Wildman–Crippen MR) is 80.8 cm³/mol. The zero-order valence-corrected chi connectivity index (χ0v) is 13.4. The fourth-order valence-corrected chi connectivity index (χ4v) is 3.00. The van der Waals surface area contributed by atoms with E-state index < -0.39 is 0 Å². The molecule has 0 saturated carbocycles. The first-order valence-corrected chi connectivity index (χ1v) is 7.71. The van der Waals surface area contributed by atoms with Crippen molar-refractivity contribution in [3.8, 4) is 0 Å². The lowest BCUT2D eigenvalue weighted by atomic mass is 9.80. The van der Waals surface area contributed by atoms with E-state index in [1.54, 1.807) is 0 Å². The monoisotopic (exact) mass is 268 g/mol. The maximum Gasteiger partial charge on any atom is 0.222 e. The van der Waals surface area contributed by atoms with Gasteiger partial charge in [0.2, 0.25) is 5.91 Å². The van der Waals surface area contributed by atoms with E-state index in [9.17, 15) is 4.79 Å². The lowest BCUT2D eigenvalue weighted by molar-refractivity contribution is -0.131. The number of rotatable bonds is 5. The number of carbonyl (C=O) groups excluding carboxylic acids is 1. The largest absolute Gasteiger partial charge is 0.342 e. The highest BCUT2D eigenvalue weighted by molar-refractivity contribution is 5.76. The van der Waals surface area contributed by atoms with Crippen LogP contribution in [0.2, 0.25) is 0 Å². The van der Waals surface area contributed by atoms with Crippen LogP contribution < -0.4 is 5.73 Å². The summed E-state index contributed by atoms with van der Waals surface area (Å²) in [5, 5.41) is 0. The first kappa shape index (κ1) is 16.5. The standard InChI is InChI=1S/C16H32N2O/c1-12(2)8-13(10-17)9-15(19)18-7-6-14(11-18)16(3,4)5/h12-14H,6-11,17H2,1-5H3. The van der Waals surface area contributed by atoms with Gasteiger partial charge in [0.15, 0.2) is 0 Å². The number of nitrogens with two attached hydrogens (primary N) is 1. The number of hydrogen-bond acceptors (Lipinski definition) is 2. The molecular weight excluding hydrogens is 236 g/mol. The lowest BCUT2D eigenvalue weighted by Crippen LogP contribution is -2.33. The maximum atomic E-state index is 12.3. The zero-order valence-electron chi connectivity index (χ0n) is 13.4. The SMILES string of the molecule is CC(C)CC(CN)CC(=O)N1CCC(C(C)(C)C)C1. The van der Waals surface area contributed by atoms with Crippen LogP contribution in [0.3, 0.4) is 0 Å². The number of nitrogens with zero attached hydrogens (tertiary/aromatic N) is 1. The van der Waals surface area contributed by atoms with Gasteiger partial charge in [-0.25, -0.2) is 0 Å². The summed E-state index contributed by atoms with van der Waals surface area (Å²) in [5.41, 5.74) is 6.10. The summed E-state index contributed by atoms with van der Waals surface area (Å²) in [6.07, 6.45) is 2.83. The van der Waals surface area contributed by atoms with Crippen LogP contribution in [0.15, 0.2) is 0 Å². The van der Waals surface area contributed by atoms with Gasteiger partial charge in [0.25, 0.3) is 0 Å². The highest BCUT2D eigenvalue weighted by atomic mass is 16.2. The molecule has 3 nitrogen and oxygen atoms in total. The van der Waals surface area contributed by atoms with E-state index in [2.05, 4.69) is 39.5 Å². The van der Waals surface area contributed by atoms with Crippen molar-refractivity contribution in [2.24, 2.45) is 28.9 Å². The average Bonchev–Trinajstić information content (AvgIpc) is 2.76. The van der Waals surface area contributed by atoms with E-state index >= 15 is 0 Å². The van der Waals surface area contributed by atoms with Gasteiger partial charge in [-0.3, -0.25) is 4.79 Å². The number of amides is 1. The van der Waals surface area contributed by atoms with Crippen LogP contribution in [-0.4, -0.2) is 30.4 Å². The summed E-state index contributed by atoms with van der Waals surface area (Å²) in [6, 6.07) is 0. The number of hydrogen-bond donors (Lipinski definition) is 1. The van der Waals surface area contributed by atoms with E-state index in [0.29, 0.717) is 42.0 Å². The zero-order chi connectivity index (χ0) is 14.6. The lowest BCUT2D eigenvalue weighted by Gasteiger charge is -2.27. The predicted octanol–water partition coefficient (Wildman–Crippen LogP) is 2.89. The number of carbonyl (C=O) groups is 1. The second kappa shape index (κ2) is 6.74. The molecule has 0 aliphatic carbocycles. The van der Waals surface area contributed by atoms with Crippen LogP contribution >= 0.6 is 0 Å². The molecule has 1 heterocycles. The molecule has 0 bridgehead atoms. The van der Waals surface area contributed by atoms with Crippen molar-refractivity contribution >= 4 is 5.91 Å². The van der Waals surface area contributed by atoms with E-state index in [1.165, 1.54) is 0 Å². The fourth-order valence-electron chi connectivity index (χ4n) is 3.00. The van der Waals surface area contributed by atoms with Crippen molar-refractivity contribution in [2.75, 3.05) is 19.6 Å². The van der Waals surface area contributed by atoms with Crippen molar-refractivity contribution < 1.29 is 4.79 Å². The Hall–Kier alpha value is -0.570. The third-order valence-corrected chi connectivity index (χ3v) is 4.37. The van der Waals surface area contributed by atoms with Crippen molar-refractivity contribution in [2.45, 2.75) is 53.9 Å². The Morgan fingerprint density at radius 2 is 2.00 bits per heavy atom. The summed E-state index contributed by atoms with van der Waals surface area (Å²) >= 11 is 0. The van der Waals surface area contributed by atoms with Gasteiger partial charge in [-0.2, -0.15) is 0 Å². The first-order valence-electron chi connectivity index (χ1n) is 7.71. The molecule has 112 valence electrons. The molecule has 1 aliphatic heterocycles. The molecule has 0 aromatic rings. The minimum absolute atomic E-state index is 0.306. The van der Waals surface area contributed by atoms with Gasteiger partial charge in [0.1, 0.15) is 0 Å². The molecule has 1 amide bonds. The Balaban J connectivity index is 2.46. The van der Waals surface area contributed by atoms with Gasteiger partial charge in [0, 0.05) is 19.5 Å². The van der Waals surface area contributed by atoms with Crippen LogP contribution in [0.4, 0.5) is 0 Å². The highest BCUT2D eigenvalue weighted by Crippen LogP contribution is 2.34. The third kappa shape index (κ3) is 5.13. The van der Waals surface area contributed by atoms with Crippen molar-refractivity contribution in [1.29, 1.82) is 0 Å². The molecular formula is C16H32N2O. The molecule has 19 heavy (non-hydrogen) atoms. The van der Waals surface area contributed by atoms with Crippen LogP contribution in [0.25, 0.3) is 0 Å². The molecule has 0 aromatic heterocycles. The van der Waals surface area contributed by atoms with E-state index in [0.717, 1.165) is 25.9 Å². The average molecular weight is 268 g/mol. The van der Waals surface area contributed by atoms with Gasteiger partial charge < -0.3 is 10.6 Å². The molecule has 0 spiro atoms. The minimum atomic E-state index is 0.306. The van der Waals surface area contributed by atoms with E-state index in [1.807, 2.05) is 0 Å². The number of likely N-dealkylation sites (tertiary alicyclic amines) is 1. The van der Waals surface area contributed by atoms with Crippen LogP contribution in [-0.2, 0) is 4.79 Å². The smallest absolute Gasteiger partial charge is 0.222 e. The molecule has 0 aromatic carbocycles. The molecule has 1 fully saturated rings. The molecule has 3 heteroatoms. The summed E-state index contributed by atoms with van der Waals surface area (Å²) in [5.74, 6) is 1.91. The Kier molecular flexibility index (Phi) is 5.84. The van der Waals surface area contributed by atoms with Gasteiger partial charge in [0.05, 0.1) is 0 Å². The maximum absolute atomic E-state index is 12.3. The quantitative estimate of drug-likeness (QED) is 0.833. The van der Waals surface area contributed by atoms with Crippen LogP contribution in [0.1, 0.15) is 53.9 Å². The summed E-state index contributed by atoms with van der Waals surface area (Å²) in [6.45, 7) is 13.7. The first-order chi connectivity index (χ1) is 8.74. The third-order valence-electron chi connectivity index (χ3n) is 4.37. The minimum Gasteiger partial charge on any atom is -0.342 e. The van der Waals surface area contributed by atoms with Crippen LogP contribution in [0, 0.1) is 23.2 Å². The second-order valence-electron chi connectivity index (χ2n) is 7.63. The van der Waals surface area contributed by atoms with Crippen molar-refractivity contribution in [3.05, 3.63) is 0 Å².